The summed E-state index contributed by atoms with van der Waals surface area (Å²) in [5.74, 6) is 0. The maximum Gasteiger partial charge on any atom is 0.143 e. The fourth-order valence-electron chi connectivity index (χ4n) is 9.53. The number of rotatable bonds is 8. The Bertz CT molecular complexity index is 3570. The number of hydrogen-bond acceptors (Lipinski definition) is 2. The Labute approximate surface area is 372 Å². The molecule has 0 aliphatic heterocycles. The molecule has 0 saturated carbocycles. The molecule has 1 heterocycles. The highest BCUT2D eigenvalue weighted by molar-refractivity contribution is 6.24. The van der Waals surface area contributed by atoms with Crippen LogP contribution in [0.15, 0.2) is 253 Å². The van der Waals surface area contributed by atoms with Crippen molar-refractivity contribution in [3.63, 3.8) is 0 Å². The monoisotopic (exact) mass is 815 g/mol. The molecule has 64 heavy (non-hydrogen) atoms. The van der Waals surface area contributed by atoms with Gasteiger partial charge in [-0.2, -0.15) is 0 Å². The van der Waals surface area contributed by atoms with E-state index in [1.807, 2.05) is 0 Å². The fraction of sp³-hybridized carbons (Fsp3) is 0. The van der Waals surface area contributed by atoms with Gasteiger partial charge in [0.2, 0.25) is 0 Å². The van der Waals surface area contributed by atoms with Crippen LogP contribution in [0, 0.1) is 0 Å². The minimum Gasteiger partial charge on any atom is -0.455 e. The summed E-state index contributed by atoms with van der Waals surface area (Å²) in [5.41, 5.74) is 16.4. The second-order valence-electron chi connectivity index (χ2n) is 16.5. The second-order valence-corrected chi connectivity index (χ2v) is 16.5. The van der Waals surface area contributed by atoms with Crippen LogP contribution in [0.25, 0.3) is 99.1 Å². The van der Waals surface area contributed by atoms with Crippen molar-refractivity contribution in [3.05, 3.63) is 249 Å². The molecule has 300 valence electrons. The Morgan fingerprint density at radius 1 is 0.281 bits per heavy atom. The summed E-state index contributed by atoms with van der Waals surface area (Å²) >= 11 is 0. The molecule has 0 radical (unpaired) electrons. The largest absolute Gasteiger partial charge is 0.455 e. The number of anilines is 3. The molecule has 12 aromatic rings. The first-order valence-corrected chi connectivity index (χ1v) is 21.9. The van der Waals surface area contributed by atoms with Gasteiger partial charge in [0.05, 0.1) is 11.1 Å². The Hall–Kier alpha value is -8.46. The highest BCUT2D eigenvalue weighted by Crippen LogP contribution is 2.51. The third-order valence-corrected chi connectivity index (χ3v) is 12.6. The van der Waals surface area contributed by atoms with E-state index in [0.29, 0.717) is 0 Å². The van der Waals surface area contributed by atoms with Gasteiger partial charge >= 0.3 is 0 Å². The number of furan rings is 1. The van der Waals surface area contributed by atoms with Crippen molar-refractivity contribution in [1.29, 1.82) is 0 Å². The maximum absolute atomic E-state index is 7.12. The van der Waals surface area contributed by atoms with E-state index in [1.54, 1.807) is 0 Å². The lowest BCUT2D eigenvalue weighted by atomic mass is 9.90. The molecule has 0 fully saturated rings. The zero-order chi connectivity index (χ0) is 42.4. The summed E-state index contributed by atoms with van der Waals surface area (Å²) in [6.45, 7) is 0. The Balaban J connectivity index is 1.22. The molecule has 2 heteroatoms. The van der Waals surface area contributed by atoms with E-state index in [1.165, 1.54) is 38.6 Å². The van der Waals surface area contributed by atoms with Crippen LogP contribution in [0.3, 0.4) is 0 Å². The van der Waals surface area contributed by atoms with Gasteiger partial charge in [0.1, 0.15) is 11.2 Å². The first-order chi connectivity index (χ1) is 31.7. The van der Waals surface area contributed by atoms with Crippen molar-refractivity contribution >= 4 is 60.5 Å². The van der Waals surface area contributed by atoms with E-state index in [2.05, 4.69) is 254 Å². The molecular formula is C62H41NO. The molecule has 0 spiro atoms. The number of nitrogens with zero attached hydrogens (tertiary/aromatic N) is 1. The number of hydrogen-bond donors (Lipinski definition) is 0. The quantitative estimate of drug-likeness (QED) is 0.152. The Kier molecular flexibility index (Phi) is 9.20. The molecule has 0 N–H and O–H groups in total. The maximum atomic E-state index is 7.12. The van der Waals surface area contributed by atoms with E-state index in [4.69, 9.17) is 4.42 Å². The van der Waals surface area contributed by atoms with Crippen LogP contribution >= 0.6 is 0 Å². The van der Waals surface area contributed by atoms with Gasteiger partial charge in [0.25, 0.3) is 0 Å². The summed E-state index contributed by atoms with van der Waals surface area (Å²) in [6, 6.07) is 89.8. The molecule has 0 bridgehead atoms. The van der Waals surface area contributed by atoms with Crippen molar-refractivity contribution in [2.45, 2.75) is 0 Å². The summed E-state index contributed by atoms with van der Waals surface area (Å²) in [7, 11) is 0. The minimum absolute atomic E-state index is 0.832. The zero-order valence-electron chi connectivity index (χ0n) is 35.0. The third kappa shape index (κ3) is 6.61. The molecule has 0 aliphatic carbocycles. The van der Waals surface area contributed by atoms with Gasteiger partial charge in [-0.15, -0.1) is 0 Å². The Morgan fingerprint density at radius 2 is 0.781 bits per heavy atom. The van der Waals surface area contributed by atoms with E-state index < -0.39 is 0 Å². The molecule has 0 saturated heterocycles. The lowest BCUT2D eigenvalue weighted by Crippen LogP contribution is -2.12. The van der Waals surface area contributed by atoms with Crippen LogP contribution in [0.2, 0.25) is 0 Å². The van der Waals surface area contributed by atoms with E-state index in [-0.39, 0.29) is 0 Å². The molecule has 0 aliphatic rings. The van der Waals surface area contributed by atoms with Gasteiger partial charge in [-0.1, -0.05) is 188 Å². The van der Waals surface area contributed by atoms with Crippen molar-refractivity contribution in [2.75, 3.05) is 4.90 Å². The van der Waals surface area contributed by atoms with Gasteiger partial charge in [0.15, 0.2) is 0 Å². The summed E-state index contributed by atoms with van der Waals surface area (Å²) < 4.78 is 7.12. The van der Waals surface area contributed by atoms with Crippen LogP contribution in [0.5, 0.6) is 0 Å². The first kappa shape index (κ1) is 37.3. The Morgan fingerprint density at radius 3 is 1.42 bits per heavy atom. The zero-order valence-corrected chi connectivity index (χ0v) is 35.0. The fourth-order valence-corrected chi connectivity index (χ4v) is 9.53. The third-order valence-electron chi connectivity index (χ3n) is 12.6. The molecule has 0 unspecified atom stereocenters. The van der Waals surface area contributed by atoms with E-state index in [9.17, 15) is 0 Å². The number of benzene rings is 11. The average molecular weight is 816 g/mol. The lowest BCUT2D eigenvalue weighted by Gasteiger charge is -2.29. The molecule has 0 amide bonds. The first-order valence-electron chi connectivity index (χ1n) is 21.9. The van der Waals surface area contributed by atoms with E-state index >= 15 is 0 Å². The van der Waals surface area contributed by atoms with Gasteiger partial charge in [-0.25, -0.2) is 0 Å². The predicted molar refractivity (Wildman–Crippen MR) is 271 cm³/mol. The van der Waals surface area contributed by atoms with Crippen molar-refractivity contribution in [1.82, 2.24) is 0 Å². The topological polar surface area (TPSA) is 16.4 Å². The normalized spacial score (nSPS) is 11.4. The SMILES string of the molecule is c1ccc(-c2ccc(N(c3ccc4ccccc4c3)c3c(-c4cc(-c5ccccc5)cc(-c5ccccc5)c4)ccc4oc5c6ccccc6c(-c6ccccc6)cc5c34)cc2)cc1. The molecule has 1 aromatic heterocycles. The minimum atomic E-state index is 0.832. The van der Waals surface area contributed by atoms with Crippen LogP contribution in [-0.2, 0) is 0 Å². The van der Waals surface area contributed by atoms with Gasteiger partial charge in [-0.05, 0) is 127 Å². The molecule has 11 aromatic carbocycles. The van der Waals surface area contributed by atoms with Gasteiger partial charge in [0, 0.05) is 27.7 Å². The van der Waals surface area contributed by atoms with Crippen LogP contribution in [0.1, 0.15) is 0 Å². The summed E-state index contributed by atoms with van der Waals surface area (Å²) in [5, 5.41) is 6.74. The van der Waals surface area contributed by atoms with Crippen LogP contribution in [0.4, 0.5) is 17.1 Å². The van der Waals surface area contributed by atoms with Crippen molar-refractivity contribution in [2.24, 2.45) is 0 Å². The lowest BCUT2D eigenvalue weighted by molar-refractivity contribution is 0.673. The van der Waals surface area contributed by atoms with Gasteiger partial charge < -0.3 is 9.32 Å². The van der Waals surface area contributed by atoms with Crippen LogP contribution in [-0.4, -0.2) is 0 Å². The number of fused-ring (bicyclic) bond motifs is 6. The van der Waals surface area contributed by atoms with Gasteiger partial charge in [-0.3, -0.25) is 0 Å². The molecule has 2 nitrogen and oxygen atoms in total. The molecule has 12 rings (SSSR count). The van der Waals surface area contributed by atoms with Crippen molar-refractivity contribution < 1.29 is 4.42 Å². The highest BCUT2D eigenvalue weighted by atomic mass is 16.3. The predicted octanol–water partition coefficient (Wildman–Crippen LogP) is 17.7. The molecular weight excluding hydrogens is 775 g/mol. The van der Waals surface area contributed by atoms with Crippen LogP contribution < -0.4 is 4.90 Å². The van der Waals surface area contributed by atoms with E-state index in [0.717, 1.165) is 77.6 Å². The standard InChI is InChI=1S/C62H41NO/c1-5-17-42(18-6-1)46-29-32-52(33-30-46)63(53-34-31-45-23-13-14-26-48(45)40-53)61-54(51-38-49(43-19-7-2-8-20-43)37-50(39-51)44-21-9-3-10-22-44)35-36-59-60(61)58-41-57(47-24-11-4-12-25-47)55-27-15-16-28-56(55)62(58)64-59/h1-41H. The van der Waals surface area contributed by atoms with Crippen molar-refractivity contribution in [3.8, 4) is 55.6 Å². The summed E-state index contributed by atoms with van der Waals surface area (Å²) in [6.07, 6.45) is 0. The smallest absolute Gasteiger partial charge is 0.143 e. The summed E-state index contributed by atoms with van der Waals surface area (Å²) in [4.78, 5) is 2.46. The average Bonchev–Trinajstić information content (AvgIpc) is 3.76. The molecule has 0 atom stereocenters. The second kappa shape index (κ2) is 15.8. The highest BCUT2D eigenvalue weighted by Gasteiger charge is 2.26.